The summed E-state index contributed by atoms with van der Waals surface area (Å²) in [7, 11) is 0. The Bertz CT molecular complexity index is 630. The summed E-state index contributed by atoms with van der Waals surface area (Å²) in [6.45, 7) is 1.83. The van der Waals surface area contributed by atoms with Crippen molar-refractivity contribution in [3.05, 3.63) is 35.7 Å². The quantitative estimate of drug-likeness (QED) is 0.936. The topological polar surface area (TPSA) is 72.7 Å². The van der Waals surface area contributed by atoms with Crippen LogP contribution < -0.4 is 5.32 Å². The third-order valence-electron chi connectivity index (χ3n) is 3.92. The van der Waals surface area contributed by atoms with Crippen LogP contribution in [0.4, 0.5) is 0 Å². The van der Waals surface area contributed by atoms with Gasteiger partial charge in [0.1, 0.15) is 0 Å². The third kappa shape index (κ3) is 3.09. The van der Waals surface area contributed by atoms with Gasteiger partial charge in [-0.25, -0.2) is 0 Å². The zero-order chi connectivity index (χ0) is 14.7. The number of nitrogens with one attached hydrogen (secondary N) is 1. The van der Waals surface area contributed by atoms with Gasteiger partial charge in [0.25, 0.3) is 5.91 Å². The lowest BCUT2D eigenvalue weighted by Crippen LogP contribution is -2.36. The minimum absolute atomic E-state index is 0.0190. The second kappa shape index (κ2) is 6.03. The minimum atomic E-state index is -0.0190. The lowest BCUT2D eigenvalue weighted by atomic mass is 9.95. The van der Waals surface area contributed by atoms with Crippen LogP contribution in [0.25, 0.3) is 5.69 Å². The van der Waals surface area contributed by atoms with Gasteiger partial charge in [0.2, 0.25) is 0 Å². The van der Waals surface area contributed by atoms with E-state index in [2.05, 4.69) is 20.8 Å². The molecular weight excluding hydrogens is 266 g/mol. The van der Waals surface area contributed by atoms with E-state index < -0.39 is 0 Å². The van der Waals surface area contributed by atoms with Crippen molar-refractivity contribution >= 4 is 5.91 Å². The average molecular weight is 285 g/mol. The first-order valence-corrected chi connectivity index (χ1v) is 7.40. The Labute approximate surface area is 123 Å². The Morgan fingerprint density at radius 2 is 2.10 bits per heavy atom. The monoisotopic (exact) mass is 285 g/mol. The van der Waals surface area contributed by atoms with Crippen LogP contribution in [-0.2, 0) is 0 Å². The molecule has 0 bridgehead atoms. The van der Waals surface area contributed by atoms with Gasteiger partial charge >= 0.3 is 0 Å². The SMILES string of the molecule is Cc1nnnn1-c1cccc(C(=O)NC2CCCCC2)c1. The lowest BCUT2D eigenvalue weighted by molar-refractivity contribution is 0.0927. The van der Waals surface area contributed by atoms with E-state index in [1.54, 1.807) is 4.68 Å². The van der Waals surface area contributed by atoms with Crippen molar-refractivity contribution < 1.29 is 4.79 Å². The fraction of sp³-hybridized carbons (Fsp3) is 0.467. The molecule has 110 valence electrons. The summed E-state index contributed by atoms with van der Waals surface area (Å²) >= 11 is 0. The minimum Gasteiger partial charge on any atom is -0.349 e. The van der Waals surface area contributed by atoms with Crippen molar-refractivity contribution in [2.24, 2.45) is 0 Å². The van der Waals surface area contributed by atoms with E-state index in [0.29, 0.717) is 17.4 Å². The first-order valence-electron chi connectivity index (χ1n) is 7.40. The van der Waals surface area contributed by atoms with Crippen LogP contribution in [0.2, 0.25) is 0 Å². The zero-order valence-electron chi connectivity index (χ0n) is 12.1. The van der Waals surface area contributed by atoms with E-state index in [-0.39, 0.29) is 5.91 Å². The number of hydrogen-bond donors (Lipinski definition) is 1. The standard InChI is InChI=1S/C15H19N5O/c1-11-17-18-19-20(11)14-9-5-6-12(10-14)15(21)16-13-7-3-2-4-8-13/h5-6,9-10,13H,2-4,7-8H2,1H3,(H,16,21). The number of aryl methyl sites for hydroxylation is 1. The number of carbonyl (C=O) groups is 1. The number of rotatable bonds is 3. The van der Waals surface area contributed by atoms with E-state index in [1.165, 1.54) is 19.3 Å². The van der Waals surface area contributed by atoms with Gasteiger partial charge in [-0.15, -0.1) is 5.10 Å². The van der Waals surface area contributed by atoms with Crippen LogP contribution >= 0.6 is 0 Å². The number of amides is 1. The van der Waals surface area contributed by atoms with E-state index >= 15 is 0 Å². The van der Waals surface area contributed by atoms with Crippen LogP contribution in [0.5, 0.6) is 0 Å². The van der Waals surface area contributed by atoms with Gasteiger partial charge < -0.3 is 5.32 Å². The molecule has 3 rings (SSSR count). The summed E-state index contributed by atoms with van der Waals surface area (Å²) < 4.78 is 1.62. The molecule has 0 atom stereocenters. The van der Waals surface area contributed by atoms with Gasteiger partial charge in [0.05, 0.1) is 5.69 Å². The van der Waals surface area contributed by atoms with Crippen molar-refractivity contribution in [1.29, 1.82) is 0 Å². The van der Waals surface area contributed by atoms with Crippen molar-refractivity contribution in [1.82, 2.24) is 25.5 Å². The fourth-order valence-electron chi connectivity index (χ4n) is 2.76. The maximum atomic E-state index is 12.3. The molecule has 0 aliphatic heterocycles. The van der Waals surface area contributed by atoms with Crippen LogP contribution in [0.15, 0.2) is 24.3 Å². The molecule has 0 radical (unpaired) electrons. The molecule has 6 nitrogen and oxygen atoms in total. The van der Waals surface area contributed by atoms with Gasteiger partial charge in [-0.2, -0.15) is 4.68 Å². The first-order chi connectivity index (χ1) is 10.2. The summed E-state index contributed by atoms with van der Waals surface area (Å²) in [6, 6.07) is 7.69. The molecule has 21 heavy (non-hydrogen) atoms. The molecule has 1 aromatic heterocycles. The molecule has 1 aromatic carbocycles. The summed E-state index contributed by atoms with van der Waals surface area (Å²) in [4.78, 5) is 12.3. The van der Waals surface area contributed by atoms with Crippen molar-refractivity contribution in [2.45, 2.75) is 45.1 Å². The molecule has 1 saturated carbocycles. The molecule has 1 aliphatic carbocycles. The predicted molar refractivity (Wildman–Crippen MR) is 78.2 cm³/mol. The van der Waals surface area contributed by atoms with Gasteiger partial charge in [0.15, 0.2) is 5.82 Å². The third-order valence-corrected chi connectivity index (χ3v) is 3.92. The summed E-state index contributed by atoms with van der Waals surface area (Å²) in [5.74, 6) is 0.675. The molecule has 0 saturated heterocycles. The van der Waals surface area contributed by atoms with Crippen LogP contribution in [-0.4, -0.2) is 32.2 Å². The van der Waals surface area contributed by atoms with E-state index in [0.717, 1.165) is 18.5 Å². The summed E-state index contributed by atoms with van der Waals surface area (Å²) in [6.07, 6.45) is 5.85. The highest BCUT2D eigenvalue weighted by Gasteiger charge is 2.17. The first kappa shape index (κ1) is 13.7. The molecule has 2 aromatic rings. The molecule has 1 aliphatic rings. The van der Waals surface area contributed by atoms with Crippen LogP contribution in [0.1, 0.15) is 48.3 Å². The molecule has 1 N–H and O–H groups in total. The number of carbonyl (C=O) groups excluding carboxylic acids is 1. The Hall–Kier alpha value is -2.24. The largest absolute Gasteiger partial charge is 0.349 e. The lowest BCUT2D eigenvalue weighted by Gasteiger charge is -2.22. The number of aromatic nitrogens is 4. The summed E-state index contributed by atoms with van der Waals surface area (Å²) in [5.41, 5.74) is 1.45. The normalized spacial score (nSPS) is 15.9. The molecule has 0 unspecified atom stereocenters. The van der Waals surface area contributed by atoms with Crippen LogP contribution in [0, 0.1) is 6.92 Å². The zero-order valence-corrected chi connectivity index (χ0v) is 12.1. The second-order valence-electron chi connectivity index (χ2n) is 5.50. The Morgan fingerprint density at radius 1 is 1.29 bits per heavy atom. The molecule has 0 spiro atoms. The Balaban J connectivity index is 1.76. The highest BCUT2D eigenvalue weighted by molar-refractivity contribution is 5.94. The van der Waals surface area contributed by atoms with E-state index in [1.807, 2.05) is 31.2 Å². The fourth-order valence-corrected chi connectivity index (χ4v) is 2.76. The molecule has 1 fully saturated rings. The Kier molecular flexibility index (Phi) is 3.94. The average Bonchev–Trinajstić information content (AvgIpc) is 2.94. The number of nitrogens with zero attached hydrogens (tertiary/aromatic N) is 4. The maximum Gasteiger partial charge on any atom is 0.251 e. The van der Waals surface area contributed by atoms with Crippen LogP contribution in [0.3, 0.4) is 0 Å². The van der Waals surface area contributed by atoms with Gasteiger partial charge in [-0.3, -0.25) is 4.79 Å². The van der Waals surface area contributed by atoms with Gasteiger partial charge in [-0.1, -0.05) is 25.3 Å². The van der Waals surface area contributed by atoms with Crippen molar-refractivity contribution in [3.8, 4) is 5.69 Å². The predicted octanol–water partition coefficient (Wildman–Crippen LogP) is 2.03. The molecule has 6 heteroatoms. The highest BCUT2D eigenvalue weighted by atomic mass is 16.1. The molecule has 1 amide bonds. The number of tetrazole rings is 1. The van der Waals surface area contributed by atoms with E-state index in [4.69, 9.17) is 0 Å². The van der Waals surface area contributed by atoms with E-state index in [9.17, 15) is 4.79 Å². The molecule has 1 heterocycles. The van der Waals surface area contributed by atoms with Gasteiger partial charge in [-0.05, 0) is 48.4 Å². The maximum absolute atomic E-state index is 12.3. The van der Waals surface area contributed by atoms with Crippen molar-refractivity contribution in [3.63, 3.8) is 0 Å². The number of hydrogen-bond acceptors (Lipinski definition) is 4. The summed E-state index contributed by atoms with van der Waals surface area (Å²) in [5, 5.41) is 14.5. The highest BCUT2D eigenvalue weighted by Crippen LogP contribution is 2.18. The number of benzene rings is 1. The van der Waals surface area contributed by atoms with Crippen molar-refractivity contribution in [2.75, 3.05) is 0 Å². The molecular formula is C15H19N5O. The Morgan fingerprint density at radius 3 is 2.81 bits per heavy atom. The second-order valence-corrected chi connectivity index (χ2v) is 5.50. The smallest absolute Gasteiger partial charge is 0.251 e. The van der Waals surface area contributed by atoms with Gasteiger partial charge in [0, 0.05) is 11.6 Å².